The van der Waals surface area contributed by atoms with Crippen LogP contribution in [0.25, 0.3) is 0 Å². The molecule has 0 radical (unpaired) electrons. The summed E-state index contributed by atoms with van der Waals surface area (Å²) in [5.74, 6) is 0.316. The number of pyridine rings is 1. The number of aromatic nitrogens is 1. The van der Waals surface area contributed by atoms with E-state index in [-0.39, 0.29) is 24.1 Å². The van der Waals surface area contributed by atoms with Gasteiger partial charge in [-0.15, -0.1) is 17.5 Å². The summed E-state index contributed by atoms with van der Waals surface area (Å²) in [7, 11) is 0. The zero-order valence-corrected chi connectivity index (χ0v) is 12.2. The molecular weight excluding hydrogens is 292 g/mol. The van der Waals surface area contributed by atoms with Crippen molar-refractivity contribution in [2.24, 2.45) is 16.0 Å². The second-order valence-electron chi connectivity index (χ2n) is 3.79. The van der Waals surface area contributed by atoms with Gasteiger partial charge < -0.3 is 17.2 Å². The molecular formula is C13H17ClN6O. The summed E-state index contributed by atoms with van der Waals surface area (Å²) < 4.78 is 0. The molecule has 0 spiro atoms. The van der Waals surface area contributed by atoms with Crippen molar-refractivity contribution < 1.29 is 4.79 Å². The SMILES string of the molecule is CC(N)=O.Cl.Nc1ccc(N=Nc2ccccc2)c(N)n1. The largest absolute Gasteiger partial charge is 0.384 e. The lowest BCUT2D eigenvalue weighted by Crippen LogP contribution is -2.01. The van der Waals surface area contributed by atoms with Crippen molar-refractivity contribution >= 4 is 41.3 Å². The molecule has 112 valence electrons. The van der Waals surface area contributed by atoms with Crippen LogP contribution in [0.3, 0.4) is 0 Å². The Hall–Kier alpha value is -2.67. The van der Waals surface area contributed by atoms with Crippen molar-refractivity contribution in [1.82, 2.24) is 4.98 Å². The lowest BCUT2D eigenvalue weighted by atomic mass is 10.3. The summed E-state index contributed by atoms with van der Waals surface area (Å²) >= 11 is 0. The first-order valence-corrected chi connectivity index (χ1v) is 5.74. The summed E-state index contributed by atoms with van der Waals surface area (Å²) in [5.41, 5.74) is 16.9. The van der Waals surface area contributed by atoms with Gasteiger partial charge in [0, 0.05) is 6.92 Å². The van der Waals surface area contributed by atoms with Gasteiger partial charge in [0.1, 0.15) is 11.5 Å². The Labute approximate surface area is 128 Å². The zero-order chi connectivity index (χ0) is 15.0. The fourth-order valence-corrected chi connectivity index (χ4v) is 1.17. The lowest BCUT2D eigenvalue weighted by Gasteiger charge is -1.98. The van der Waals surface area contributed by atoms with E-state index in [1.807, 2.05) is 30.3 Å². The quantitative estimate of drug-likeness (QED) is 0.735. The smallest absolute Gasteiger partial charge is 0.214 e. The van der Waals surface area contributed by atoms with E-state index < -0.39 is 0 Å². The van der Waals surface area contributed by atoms with Gasteiger partial charge in [-0.05, 0) is 24.3 Å². The summed E-state index contributed by atoms with van der Waals surface area (Å²) in [5, 5.41) is 8.03. The van der Waals surface area contributed by atoms with Crippen LogP contribution in [-0.4, -0.2) is 10.9 Å². The normalized spacial score (nSPS) is 9.38. The van der Waals surface area contributed by atoms with Gasteiger partial charge in [0.05, 0.1) is 5.69 Å². The predicted molar refractivity (Wildman–Crippen MR) is 85.8 cm³/mol. The highest BCUT2D eigenvalue weighted by Gasteiger charge is 1.98. The number of anilines is 2. The Balaban J connectivity index is 0.000000715. The number of carbonyl (C=O) groups is 1. The number of hydrogen-bond donors (Lipinski definition) is 3. The van der Waals surface area contributed by atoms with Crippen molar-refractivity contribution in [3.63, 3.8) is 0 Å². The second kappa shape index (κ2) is 9.27. The van der Waals surface area contributed by atoms with E-state index in [0.717, 1.165) is 5.69 Å². The zero-order valence-electron chi connectivity index (χ0n) is 11.4. The van der Waals surface area contributed by atoms with Crippen LogP contribution in [-0.2, 0) is 4.79 Å². The average Bonchev–Trinajstić information content (AvgIpc) is 2.38. The molecule has 1 amide bonds. The van der Waals surface area contributed by atoms with Crippen LogP contribution in [0.2, 0.25) is 0 Å². The summed E-state index contributed by atoms with van der Waals surface area (Å²) in [6.07, 6.45) is 0. The van der Waals surface area contributed by atoms with Crippen molar-refractivity contribution in [3.8, 4) is 0 Å². The molecule has 0 unspecified atom stereocenters. The number of carbonyl (C=O) groups excluding carboxylic acids is 1. The first-order valence-electron chi connectivity index (χ1n) is 5.74. The summed E-state index contributed by atoms with van der Waals surface area (Å²) in [4.78, 5) is 13.1. The number of hydrogen-bond acceptors (Lipinski definition) is 6. The maximum absolute atomic E-state index is 9.22. The molecule has 1 heterocycles. The number of nitrogen functional groups attached to an aromatic ring is 2. The van der Waals surface area contributed by atoms with Crippen LogP contribution < -0.4 is 17.2 Å². The molecule has 0 bridgehead atoms. The topological polar surface area (TPSA) is 133 Å². The van der Waals surface area contributed by atoms with E-state index >= 15 is 0 Å². The maximum atomic E-state index is 9.22. The molecule has 6 N–H and O–H groups in total. The Bertz CT molecular complexity index is 599. The van der Waals surface area contributed by atoms with Crippen molar-refractivity contribution in [1.29, 1.82) is 0 Å². The van der Waals surface area contributed by atoms with Crippen LogP contribution in [0.4, 0.5) is 23.0 Å². The Morgan fingerprint density at radius 2 is 1.62 bits per heavy atom. The number of halogens is 1. The molecule has 0 saturated carbocycles. The molecule has 0 fully saturated rings. The van der Waals surface area contributed by atoms with E-state index in [9.17, 15) is 4.79 Å². The van der Waals surface area contributed by atoms with Gasteiger partial charge in [0.15, 0.2) is 5.82 Å². The van der Waals surface area contributed by atoms with E-state index in [1.165, 1.54) is 6.92 Å². The van der Waals surface area contributed by atoms with E-state index in [0.29, 0.717) is 11.5 Å². The van der Waals surface area contributed by atoms with Gasteiger partial charge in [0.2, 0.25) is 5.91 Å². The van der Waals surface area contributed by atoms with Crippen LogP contribution in [0.1, 0.15) is 6.92 Å². The maximum Gasteiger partial charge on any atom is 0.214 e. The third kappa shape index (κ3) is 7.48. The van der Waals surface area contributed by atoms with Crippen molar-refractivity contribution in [2.75, 3.05) is 11.5 Å². The van der Waals surface area contributed by atoms with Gasteiger partial charge in [-0.1, -0.05) is 18.2 Å². The third-order valence-electron chi connectivity index (χ3n) is 1.95. The molecule has 7 nitrogen and oxygen atoms in total. The molecule has 0 saturated heterocycles. The first-order chi connectivity index (χ1) is 9.49. The Kier molecular flexibility index (Phi) is 8.09. The highest BCUT2D eigenvalue weighted by molar-refractivity contribution is 5.85. The fraction of sp³-hybridized carbons (Fsp3) is 0.0769. The van der Waals surface area contributed by atoms with Gasteiger partial charge >= 0.3 is 0 Å². The molecule has 0 aliphatic rings. The van der Waals surface area contributed by atoms with Gasteiger partial charge in [-0.25, -0.2) is 4.98 Å². The van der Waals surface area contributed by atoms with Crippen molar-refractivity contribution in [3.05, 3.63) is 42.5 Å². The average molecular weight is 309 g/mol. The molecule has 21 heavy (non-hydrogen) atoms. The molecule has 1 aromatic heterocycles. The lowest BCUT2D eigenvalue weighted by molar-refractivity contribution is -0.115. The number of azo groups is 1. The summed E-state index contributed by atoms with van der Waals surface area (Å²) in [6.45, 7) is 1.31. The fourth-order valence-electron chi connectivity index (χ4n) is 1.17. The first kappa shape index (κ1) is 18.3. The van der Waals surface area contributed by atoms with Gasteiger partial charge in [0.25, 0.3) is 0 Å². The molecule has 0 atom stereocenters. The number of amides is 1. The number of benzene rings is 1. The van der Waals surface area contributed by atoms with E-state index in [1.54, 1.807) is 12.1 Å². The highest BCUT2D eigenvalue weighted by Crippen LogP contribution is 2.23. The minimum absolute atomic E-state index is 0. The van der Waals surface area contributed by atoms with Crippen LogP contribution in [0.5, 0.6) is 0 Å². The van der Waals surface area contributed by atoms with Gasteiger partial charge in [-0.3, -0.25) is 4.79 Å². The monoisotopic (exact) mass is 308 g/mol. The Morgan fingerprint density at radius 3 is 2.14 bits per heavy atom. The van der Waals surface area contributed by atoms with Crippen LogP contribution in [0.15, 0.2) is 52.7 Å². The van der Waals surface area contributed by atoms with Gasteiger partial charge in [-0.2, -0.15) is 5.11 Å². The molecule has 1 aromatic carbocycles. The third-order valence-corrected chi connectivity index (χ3v) is 1.95. The molecule has 8 heteroatoms. The number of nitrogens with two attached hydrogens (primary N) is 3. The summed E-state index contributed by atoms with van der Waals surface area (Å²) in [6, 6.07) is 12.7. The van der Waals surface area contributed by atoms with Crippen LogP contribution in [0, 0.1) is 0 Å². The molecule has 0 aliphatic carbocycles. The molecule has 2 aromatic rings. The Morgan fingerprint density at radius 1 is 1.05 bits per heavy atom. The van der Waals surface area contributed by atoms with Crippen molar-refractivity contribution in [2.45, 2.75) is 6.92 Å². The van der Waals surface area contributed by atoms with E-state index in [2.05, 4.69) is 20.9 Å². The van der Waals surface area contributed by atoms with E-state index in [4.69, 9.17) is 11.5 Å². The number of nitrogens with zero attached hydrogens (tertiary/aromatic N) is 3. The minimum atomic E-state index is -0.333. The predicted octanol–water partition coefficient (Wildman–Crippen LogP) is 2.57. The number of rotatable bonds is 2. The van der Waals surface area contributed by atoms with Crippen LogP contribution >= 0.6 is 12.4 Å². The number of primary amides is 1. The molecule has 0 aliphatic heterocycles. The second-order valence-corrected chi connectivity index (χ2v) is 3.79. The molecule has 2 rings (SSSR count). The highest BCUT2D eigenvalue weighted by atomic mass is 35.5. The minimum Gasteiger partial charge on any atom is -0.384 e. The standard InChI is InChI=1S/C11H11N5.C2H5NO.ClH/c12-10-7-6-9(11(13)14-10)16-15-8-4-2-1-3-5-8;1-2(3)4;/h1-7H,(H4,12,13,14);1H3,(H2,3,4);1H.